The van der Waals surface area contributed by atoms with Gasteiger partial charge in [-0.1, -0.05) is 350 Å². The number of carbonyl (C=O) groups excluding carboxylic acids is 4. The maximum atomic E-state index is 13.1. The molecular formula is C77H150O17P2. The Bertz CT molecular complexity index is 1860. The van der Waals surface area contributed by atoms with E-state index < -0.39 is 97.5 Å². The number of aliphatic hydroxyl groups excluding tert-OH is 1. The molecule has 19 heteroatoms. The van der Waals surface area contributed by atoms with Crippen LogP contribution in [0.2, 0.25) is 0 Å². The molecule has 0 aromatic rings. The summed E-state index contributed by atoms with van der Waals surface area (Å²) in [7, 11) is -9.91. The molecule has 0 amide bonds. The van der Waals surface area contributed by atoms with Crippen LogP contribution in [0.15, 0.2) is 0 Å². The summed E-state index contributed by atoms with van der Waals surface area (Å²) in [6.07, 6.45) is 57.1. The van der Waals surface area contributed by atoms with E-state index in [9.17, 15) is 43.2 Å². The minimum absolute atomic E-state index is 0.105. The number of hydrogen-bond donors (Lipinski definition) is 3. The van der Waals surface area contributed by atoms with Crippen LogP contribution in [0.25, 0.3) is 0 Å². The van der Waals surface area contributed by atoms with Gasteiger partial charge in [0, 0.05) is 25.7 Å². The van der Waals surface area contributed by atoms with Gasteiger partial charge in [-0.25, -0.2) is 9.13 Å². The van der Waals surface area contributed by atoms with E-state index in [4.69, 9.17) is 37.0 Å². The van der Waals surface area contributed by atoms with Crippen molar-refractivity contribution in [2.24, 2.45) is 11.8 Å². The second-order valence-corrected chi connectivity index (χ2v) is 31.6. The molecule has 0 bridgehead atoms. The number of rotatable bonds is 76. The first kappa shape index (κ1) is 94.1. The van der Waals surface area contributed by atoms with Gasteiger partial charge in [0.15, 0.2) is 12.2 Å². The van der Waals surface area contributed by atoms with Crippen LogP contribution in [0.5, 0.6) is 0 Å². The average molecular weight is 1410 g/mol. The molecule has 0 saturated carbocycles. The van der Waals surface area contributed by atoms with Crippen LogP contribution in [0, 0.1) is 11.8 Å². The number of unbranched alkanes of at least 4 members (excludes halogenated alkanes) is 46. The highest BCUT2D eigenvalue weighted by Gasteiger charge is 2.30. The van der Waals surface area contributed by atoms with Crippen molar-refractivity contribution >= 4 is 39.5 Å². The zero-order valence-electron chi connectivity index (χ0n) is 62.7. The molecule has 570 valence electrons. The van der Waals surface area contributed by atoms with E-state index in [1.807, 2.05) is 0 Å². The molecule has 96 heavy (non-hydrogen) atoms. The summed E-state index contributed by atoms with van der Waals surface area (Å²) in [4.78, 5) is 72.7. The molecule has 2 unspecified atom stereocenters. The van der Waals surface area contributed by atoms with E-state index in [0.29, 0.717) is 25.7 Å². The van der Waals surface area contributed by atoms with Crippen LogP contribution < -0.4 is 0 Å². The lowest BCUT2D eigenvalue weighted by atomic mass is 10.0. The Kier molecular flexibility index (Phi) is 67.4. The highest BCUT2D eigenvalue weighted by Crippen LogP contribution is 2.45. The van der Waals surface area contributed by atoms with E-state index >= 15 is 0 Å². The Labute approximate surface area is 588 Å². The topological polar surface area (TPSA) is 237 Å². The summed E-state index contributed by atoms with van der Waals surface area (Å²) in [5, 5.41) is 10.6. The molecule has 17 nitrogen and oxygen atoms in total. The molecule has 0 heterocycles. The lowest BCUT2D eigenvalue weighted by molar-refractivity contribution is -0.161. The quantitative estimate of drug-likeness (QED) is 0.0222. The van der Waals surface area contributed by atoms with Gasteiger partial charge >= 0.3 is 39.5 Å². The summed E-state index contributed by atoms with van der Waals surface area (Å²) in [5.41, 5.74) is 0. The Hall–Kier alpha value is -1.94. The zero-order chi connectivity index (χ0) is 70.7. The highest BCUT2D eigenvalue weighted by molar-refractivity contribution is 7.47. The maximum absolute atomic E-state index is 13.1. The van der Waals surface area contributed by atoms with Gasteiger partial charge in [-0.15, -0.1) is 0 Å². The summed E-state index contributed by atoms with van der Waals surface area (Å²) in [5.74, 6) is -0.573. The third-order valence-electron chi connectivity index (χ3n) is 18.0. The Balaban J connectivity index is 5.18. The number of phosphoric acid groups is 2. The van der Waals surface area contributed by atoms with Gasteiger partial charge in [0.05, 0.1) is 26.4 Å². The Morgan fingerprint density at radius 1 is 0.281 bits per heavy atom. The smallest absolute Gasteiger partial charge is 0.462 e. The third-order valence-corrected chi connectivity index (χ3v) is 19.9. The summed E-state index contributed by atoms with van der Waals surface area (Å²) < 4.78 is 68.4. The average Bonchev–Trinajstić information content (AvgIpc) is 3.77. The SMILES string of the molecule is CCCCCCCCCCCCCCCCCCCCC(=O)OC[C@H](COP(=O)(O)OC[C@@H](O)COP(=O)(O)OC[C@@H](COC(=O)CCCCCCCCC)OC(=O)CCCCCCCCCCCC(C)C)OC(=O)CCCCCCCCCCCCCCCCCCC(C)C. The van der Waals surface area contributed by atoms with E-state index in [2.05, 4.69) is 41.5 Å². The number of phosphoric ester groups is 2. The van der Waals surface area contributed by atoms with Crippen molar-refractivity contribution < 1.29 is 80.2 Å². The molecule has 0 aliphatic rings. The number of hydrogen-bond acceptors (Lipinski definition) is 15. The molecule has 0 spiro atoms. The molecule has 0 aliphatic carbocycles. The van der Waals surface area contributed by atoms with E-state index in [1.165, 1.54) is 205 Å². The van der Waals surface area contributed by atoms with Gasteiger partial charge in [0.1, 0.15) is 19.3 Å². The number of ether oxygens (including phenoxy) is 4. The second kappa shape index (κ2) is 68.8. The molecule has 0 rings (SSSR count). The van der Waals surface area contributed by atoms with E-state index in [0.717, 1.165) is 115 Å². The standard InChI is InChI=1S/C77H150O17P2/c1-7-9-11-13-15-16-17-18-19-20-21-25-28-31-36-42-48-54-60-75(80)88-66-73(94-76(81)61-55-49-43-37-32-29-26-23-22-24-27-30-34-40-45-51-57-69(3)4)68-92-96(85,86)90-64-71(78)63-89-95(83,84)91-67-72(65-87-74(79)59-53-47-39-14-12-10-8-2)93-77(82)62-56-50-44-38-33-35-41-46-52-58-70(5)6/h69-73,78H,7-68H2,1-6H3,(H,83,84)(H,85,86)/t71-,72+,73+/m0/s1. The fraction of sp³-hybridized carbons (Fsp3) is 0.948. The first-order chi connectivity index (χ1) is 46.4. The lowest BCUT2D eigenvalue weighted by Gasteiger charge is -2.21. The van der Waals surface area contributed by atoms with Crippen LogP contribution in [0.1, 0.15) is 401 Å². The first-order valence-corrected chi connectivity index (χ1v) is 43.0. The van der Waals surface area contributed by atoms with E-state index in [-0.39, 0.29) is 25.7 Å². The van der Waals surface area contributed by atoms with Crippen molar-refractivity contribution in [3.8, 4) is 0 Å². The lowest BCUT2D eigenvalue weighted by Crippen LogP contribution is -2.30. The molecule has 0 saturated heterocycles. The summed E-state index contributed by atoms with van der Waals surface area (Å²) in [6.45, 7) is 9.57. The van der Waals surface area contributed by atoms with Gasteiger partial charge in [0.2, 0.25) is 0 Å². The van der Waals surface area contributed by atoms with Gasteiger partial charge < -0.3 is 33.8 Å². The predicted molar refractivity (Wildman–Crippen MR) is 391 cm³/mol. The fourth-order valence-electron chi connectivity index (χ4n) is 11.8. The first-order valence-electron chi connectivity index (χ1n) is 40.0. The van der Waals surface area contributed by atoms with Crippen molar-refractivity contribution in [2.45, 2.75) is 419 Å². The molecular weight excluding hydrogens is 1260 g/mol. The highest BCUT2D eigenvalue weighted by atomic mass is 31.2. The van der Waals surface area contributed by atoms with Crippen molar-refractivity contribution in [1.29, 1.82) is 0 Å². The van der Waals surface area contributed by atoms with Gasteiger partial charge in [-0.2, -0.15) is 0 Å². The molecule has 0 radical (unpaired) electrons. The number of carbonyl (C=O) groups is 4. The number of esters is 4. The summed E-state index contributed by atoms with van der Waals surface area (Å²) in [6, 6.07) is 0. The minimum Gasteiger partial charge on any atom is -0.462 e. The van der Waals surface area contributed by atoms with Crippen molar-refractivity contribution in [3.05, 3.63) is 0 Å². The molecule has 0 aliphatic heterocycles. The molecule has 3 N–H and O–H groups in total. The molecule has 0 aromatic carbocycles. The molecule has 0 fully saturated rings. The van der Waals surface area contributed by atoms with Crippen molar-refractivity contribution in [2.75, 3.05) is 39.6 Å². The molecule has 0 aromatic heterocycles. The van der Waals surface area contributed by atoms with Crippen LogP contribution in [0.3, 0.4) is 0 Å². The van der Waals surface area contributed by atoms with Gasteiger partial charge in [-0.05, 0) is 37.5 Å². The van der Waals surface area contributed by atoms with Gasteiger partial charge in [0.25, 0.3) is 0 Å². The van der Waals surface area contributed by atoms with Crippen LogP contribution in [-0.2, 0) is 65.4 Å². The van der Waals surface area contributed by atoms with Crippen molar-refractivity contribution in [3.63, 3.8) is 0 Å². The van der Waals surface area contributed by atoms with Crippen LogP contribution in [-0.4, -0.2) is 96.7 Å². The third kappa shape index (κ3) is 70.5. The normalized spacial score (nSPS) is 14.0. The molecule has 5 atom stereocenters. The summed E-state index contributed by atoms with van der Waals surface area (Å²) >= 11 is 0. The minimum atomic E-state index is -4.96. The largest absolute Gasteiger partial charge is 0.472 e. The van der Waals surface area contributed by atoms with Crippen molar-refractivity contribution in [1.82, 2.24) is 0 Å². The van der Waals surface area contributed by atoms with E-state index in [1.54, 1.807) is 0 Å². The predicted octanol–water partition coefficient (Wildman–Crippen LogP) is 22.7. The monoisotopic (exact) mass is 1410 g/mol. The fourth-order valence-corrected chi connectivity index (χ4v) is 13.4. The number of aliphatic hydroxyl groups is 1. The maximum Gasteiger partial charge on any atom is 0.472 e. The zero-order valence-corrected chi connectivity index (χ0v) is 64.5. The van der Waals surface area contributed by atoms with Crippen LogP contribution in [0.4, 0.5) is 0 Å². The van der Waals surface area contributed by atoms with Crippen LogP contribution >= 0.6 is 15.6 Å². The second-order valence-electron chi connectivity index (χ2n) is 28.7. The Morgan fingerprint density at radius 3 is 0.708 bits per heavy atom. The Morgan fingerprint density at radius 2 is 0.479 bits per heavy atom. The van der Waals surface area contributed by atoms with Gasteiger partial charge in [-0.3, -0.25) is 37.3 Å².